The second-order valence-corrected chi connectivity index (χ2v) is 8.23. The molecule has 2 aromatic rings. The van der Waals surface area contributed by atoms with E-state index in [-0.39, 0.29) is 25.0 Å². The molecule has 2 amide bonds. The van der Waals surface area contributed by atoms with Crippen LogP contribution in [0.15, 0.2) is 36.8 Å². The molecule has 0 aromatic carbocycles. The lowest BCUT2D eigenvalue weighted by molar-refractivity contribution is -0.187. The number of likely N-dealkylation sites (tertiary alicyclic amines) is 1. The van der Waals surface area contributed by atoms with Crippen molar-refractivity contribution in [1.82, 2.24) is 25.0 Å². The second-order valence-electron chi connectivity index (χ2n) is 8.23. The SMILES string of the molecule is C[C@]1(O)CC2(CCN(C(=O)c3ccc[nH]3)CC2)OC[C@@H]1NC(=O)Cn1cccn1. The normalized spacial score (nSPS) is 26.4. The van der Waals surface area contributed by atoms with E-state index in [1.165, 1.54) is 4.68 Å². The van der Waals surface area contributed by atoms with E-state index in [4.69, 9.17) is 4.74 Å². The first-order chi connectivity index (χ1) is 13.9. The van der Waals surface area contributed by atoms with Crippen LogP contribution in [0.25, 0.3) is 0 Å². The van der Waals surface area contributed by atoms with Crippen LogP contribution in [0.4, 0.5) is 0 Å². The molecule has 9 heteroatoms. The molecule has 29 heavy (non-hydrogen) atoms. The molecule has 1 spiro atoms. The van der Waals surface area contributed by atoms with Crippen LogP contribution in [-0.2, 0) is 16.1 Å². The largest absolute Gasteiger partial charge is 0.388 e. The van der Waals surface area contributed by atoms with E-state index in [2.05, 4.69) is 15.4 Å². The third-order valence-corrected chi connectivity index (χ3v) is 5.98. The Labute approximate surface area is 169 Å². The molecule has 2 aliphatic heterocycles. The van der Waals surface area contributed by atoms with Crippen molar-refractivity contribution >= 4 is 11.8 Å². The van der Waals surface area contributed by atoms with E-state index in [9.17, 15) is 14.7 Å². The zero-order valence-electron chi connectivity index (χ0n) is 16.5. The molecule has 2 aromatic heterocycles. The lowest BCUT2D eigenvalue weighted by atomic mass is 9.75. The molecule has 0 saturated carbocycles. The smallest absolute Gasteiger partial charge is 0.270 e. The average molecular weight is 401 g/mol. The van der Waals surface area contributed by atoms with Gasteiger partial charge < -0.3 is 25.0 Å². The fourth-order valence-corrected chi connectivity index (χ4v) is 4.32. The maximum Gasteiger partial charge on any atom is 0.270 e. The van der Waals surface area contributed by atoms with Gasteiger partial charge in [-0.2, -0.15) is 5.10 Å². The molecule has 0 radical (unpaired) electrons. The average Bonchev–Trinajstić information content (AvgIpc) is 3.38. The number of ether oxygens (including phenoxy) is 1. The van der Waals surface area contributed by atoms with Gasteiger partial charge in [0.05, 0.1) is 23.9 Å². The number of nitrogens with zero attached hydrogens (tertiary/aromatic N) is 3. The van der Waals surface area contributed by atoms with Gasteiger partial charge in [-0.3, -0.25) is 14.3 Å². The summed E-state index contributed by atoms with van der Waals surface area (Å²) in [5.41, 5.74) is -0.986. The number of carbonyl (C=O) groups is 2. The topological polar surface area (TPSA) is 112 Å². The summed E-state index contributed by atoms with van der Waals surface area (Å²) in [5, 5.41) is 17.9. The molecule has 0 aliphatic carbocycles. The van der Waals surface area contributed by atoms with E-state index in [0.717, 1.165) is 0 Å². The number of aromatic nitrogens is 3. The minimum Gasteiger partial charge on any atom is -0.388 e. The third-order valence-electron chi connectivity index (χ3n) is 5.98. The van der Waals surface area contributed by atoms with Crippen LogP contribution in [-0.4, -0.2) is 73.5 Å². The van der Waals surface area contributed by atoms with Gasteiger partial charge in [-0.15, -0.1) is 0 Å². The number of aromatic amines is 1. The molecule has 156 valence electrons. The monoisotopic (exact) mass is 401 g/mol. The minimum atomic E-state index is -1.09. The Morgan fingerprint density at radius 2 is 2.17 bits per heavy atom. The van der Waals surface area contributed by atoms with Gasteiger partial charge in [0.25, 0.3) is 5.91 Å². The molecule has 3 N–H and O–H groups in total. The number of hydrogen-bond donors (Lipinski definition) is 3. The first-order valence-electron chi connectivity index (χ1n) is 9.93. The number of aliphatic hydroxyl groups is 1. The van der Waals surface area contributed by atoms with Crippen molar-refractivity contribution in [3.63, 3.8) is 0 Å². The van der Waals surface area contributed by atoms with Crippen LogP contribution >= 0.6 is 0 Å². The number of amides is 2. The number of H-pyrrole nitrogens is 1. The van der Waals surface area contributed by atoms with Crippen molar-refractivity contribution in [1.29, 1.82) is 0 Å². The van der Waals surface area contributed by atoms with Crippen molar-refractivity contribution in [2.24, 2.45) is 0 Å². The van der Waals surface area contributed by atoms with Gasteiger partial charge in [0.2, 0.25) is 5.91 Å². The Morgan fingerprint density at radius 3 is 2.79 bits per heavy atom. The summed E-state index contributed by atoms with van der Waals surface area (Å²) in [7, 11) is 0. The Balaban J connectivity index is 1.33. The molecule has 2 saturated heterocycles. The van der Waals surface area contributed by atoms with Gasteiger partial charge in [-0.1, -0.05) is 0 Å². The molecule has 0 unspecified atom stereocenters. The molecule has 2 aliphatic rings. The first kappa shape index (κ1) is 19.7. The van der Waals surface area contributed by atoms with Crippen LogP contribution in [0.3, 0.4) is 0 Å². The van der Waals surface area contributed by atoms with Gasteiger partial charge in [-0.25, -0.2) is 0 Å². The summed E-state index contributed by atoms with van der Waals surface area (Å²) in [5.74, 6) is -0.235. The zero-order chi connectivity index (χ0) is 20.5. The van der Waals surface area contributed by atoms with Gasteiger partial charge in [0, 0.05) is 38.1 Å². The molecule has 0 bridgehead atoms. The van der Waals surface area contributed by atoms with Crippen LogP contribution in [0.1, 0.15) is 36.7 Å². The molecule has 2 fully saturated rings. The summed E-state index contributed by atoms with van der Waals surface area (Å²) in [6.45, 7) is 3.23. The van der Waals surface area contributed by atoms with E-state index < -0.39 is 17.2 Å². The van der Waals surface area contributed by atoms with Gasteiger partial charge in [0.15, 0.2) is 0 Å². The summed E-state index contributed by atoms with van der Waals surface area (Å²) in [6.07, 6.45) is 6.79. The van der Waals surface area contributed by atoms with Crippen LogP contribution < -0.4 is 5.32 Å². The predicted molar refractivity (Wildman–Crippen MR) is 104 cm³/mol. The van der Waals surface area contributed by atoms with Gasteiger partial charge in [0.1, 0.15) is 12.2 Å². The lowest BCUT2D eigenvalue weighted by Crippen LogP contribution is -2.64. The fourth-order valence-electron chi connectivity index (χ4n) is 4.32. The van der Waals surface area contributed by atoms with E-state index >= 15 is 0 Å². The first-order valence-corrected chi connectivity index (χ1v) is 9.93. The Kier molecular flexibility index (Phi) is 5.18. The molecule has 4 rings (SSSR count). The standard InChI is InChI=1S/C20H27N5O4/c1-19(28)14-20(5-10-24(11-6-20)18(27)15-4-2-7-21-15)29-13-16(19)23-17(26)12-25-9-3-8-22-25/h2-4,7-9,16,21,28H,5-6,10-14H2,1H3,(H,23,26)/t16-,19-/m0/s1. The number of carbonyl (C=O) groups excluding carboxylic acids is 2. The maximum atomic E-state index is 12.5. The summed E-state index contributed by atoms with van der Waals surface area (Å²) in [6, 6.07) is 4.84. The van der Waals surface area contributed by atoms with E-state index in [1.807, 2.05) is 4.90 Å². The van der Waals surface area contributed by atoms with Crippen molar-refractivity contribution < 1.29 is 19.4 Å². The summed E-state index contributed by atoms with van der Waals surface area (Å²) >= 11 is 0. The quantitative estimate of drug-likeness (QED) is 0.692. The van der Waals surface area contributed by atoms with Crippen LogP contribution in [0.2, 0.25) is 0 Å². The number of piperidine rings is 1. The number of hydrogen-bond acceptors (Lipinski definition) is 5. The highest BCUT2D eigenvalue weighted by molar-refractivity contribution is 5.92. The van der Waals surface area contributed by atoms with Crippen molar-refractivity contribution in [2.75, 3.05) is 19.7 Å². The Morgan fingerprint density at radius 1 is 1.38 bits per heavy atom. The highest BCUT2D eigenvalue weighted by atomic mass is 16.5. The summed E-state index contributed by atoms with van der Waals surface area (Å²) in [4.78, 5) is 29.6. The molecule has 2 atom stereocenters. The minimum absolute atomic E-state index is 0.0174. The Bertz CT molecular complexity index is 838. The zero-order valence-corrected chi connectivity index (χ0v) is 16.5. The highest BCUT2D eigenvalue weighted by Gasteiger charge is 2.49. The van der Waals surface area contributed by atoms with Crippen LogP contribution in [0, 0.1) is 0 Å². The highest BCUT2D eigenvalue weighted by Crippen LogP contribution is 2.39. The molecule has 4 heterocycles. The second kappa shape index (κ2) is 7.64. The maximum absolute atomic E-state index is 12.5. The van der Waals surface area contributed by atoms with Crippen molar-refractivity contribution in [2.45, 2.75) is 50.0 Å². The van der Waals surface area contributed by atoms with Gasteiger partial charge >= 0.3 is 0 Å². The molecular weight excluding hydrogens is 374 g/mol. The van der Waals surface area contributed by atoms with Crippen LogP contribution in [0.5, 0.6) is 0 Å². The molecule has 9 nitrogen and oxygen atoms in total. The van der Waals surface area contributed by atoms with E-state index in [1.54, 1.807) is 43.7 Å². The lowest BCUT2D eigenvalue weighted by Gasteiger charge is -2.51. The Hall–Kier alpha value is -2.65. The fraction of sp³-hybridized carbons (Fsp3) is 0.550. The molecular formula is C20H27N5O4. The number of nitrogens with one attached hydrogen (secondary N) is 2. The van der Waals surface area contributed by atoms with Crippen molar-refractivity contribution in [3.05, 3.63) is 42.5 Å². The summed E-state index contributed by atoms with van der Waals surface area (Å²) < 4.78 is 7.70. The predicted octanol–water partition coefficient (Wildman–Crippen LogP) is 0.542. The van der Waals surface area contributed by atoms with Crippen molar-refractivity contribution in [3.8, 4) is 0 Å². The van der Waals surface area contributed by atoms with E-state index in [0.29, 0.717) is 38.0 Å². The third kappa shape index (κ3) is 4.20. The number of rotatable bonds is 4. The van der Waals surface area contributed by atoms with Gasteiger partial charge in [-0.05, 0) is 38.0 Å².